The summed E-state index contributed by atoms with van der Waals surface area (Å²) in [6.45, 7) is 0.719. The van der Waals surface area contributed by atoms with E-state index in [1.54, 1.807) is 0 Å². The summed E-state index contributed by atoms with van der Waals surface area (Å²) in [6.07, 6.45) is 2.81. The number of hydrogen-bond donors (Lipinski definition) is 1. The van der Waals surface area contributed by atoms with Crippen molar-refractivity contribution in [2.24, 2.45) is 0 Å². The summed E-state index contributed by atoms with van der Waals surface area (Å²) < 4.78 is 1.24. The monoisotopic (exact) mass is 271 g/mol. The minimum absolute atomic E-state index is 0.719. The van der Waals surface area contributed by atoms with Gasteiger partial charge < -0.3 is 5.32 Å². The molecule has 0 aliphatic heterocycles. The van der Waals surface area contributed by atoms with Crippen molar-refractivity contribution < 1.29 is 0 Å². The molecule has 0 spiro atoms. The Hall–Kier alpha value is -0.760. The van der Waals surface area contributed by atoms with Crippen molar-refractivity contribution in [1.82, 2.24) is 5.32 Å². The third-order valence-electron chi connectivity index (χ3n) is 1.51. The molecule has 12 heavy (non-hydrogen) atoms. The summed E-state index contributed by atoms with van der Waals surface area (Å²) in [5.74, 6) is 0. The predicted molar refractivity (Wildman–Crippen MR) is 56.5 cm³/mol. The van der Waals surface area contributed by atoms with Gasteiger partial charge in [-0.25, -0.2) is 0 Å². The van der Waals surface area contributed by atoms with E-state index in [1.807, 2.05) is 12.3 Å². The van der Waals surface area contributed by atoms with Gasteiger partial charge in [0.25, 0.3) is 0 Å². The number of nitrogens with zero attached hydrogens (tertiary/aromatic N) is 1. The lowest BCUT2D eigenvalue weighted by molar-refractivity contribution is 0.843. The third kappa shape index (κ3) is 3.09. The normalized spacial score (nSPS) is 9.00. The van der Waals surface area contributed by atoms with E-state index in [1.165, 1.54) is 9.13 Å². The van der Waals surface area contributed by atoms with Gasteiger partial charge >= 0.3 is 0 Å². The average molecular weight is 271 g/mol. The number of nitriles is 1. The van der Waals surface area contributed by atoms with Gasteiger partial charge in [-0.2, -0.15) is 5.26 Å². The maximum atomic E-state index is 8.24. The Morgan fingerprint density at radius 1 is 1.50 bits per heavy atom. The van der Waals surface area contributed by atoms with Gasteiger partial charge in [0.1, 0.15) is 0 Å². The van der Waals surface area contributed by atoms with E-state index in [0.717, 1.165) is 13.0 Å². The van der Waals surface area contributed by atoms with E-state index >= 15 is 0 Å². The summed E-state index contributed by atoms with van der Waals surface area (Å²) in [7, 11) is 0. The van der Waals surface area contributed by atoms with E-state index in [0.29, 0.717) is 0 Å². The molecule has 1 aromatic rings. The Bertz CT molecular complexity index is 291. The molecule has 1 aromatic carbocycles. The first-order valence-corrected chi connectivity index (χ1v) is 4.77. The Morgan fingerprint density at radius 3 is 3.00 bits per heavy atom. The summed E-state index contributed by atoms with van der Waals surface area (Å²) in [5, 5.41) is 10.9. The number of nitrogens with one attached hydrogen (secondary N) is 1. The van der Waals surface area contributed by atoms with Crippen LogP contribution in [0.25, 0.3) is 0 Å². The Morgan fingerprint density at radius 2 is 2.33 bits per heavy atom. The maximum Gasteiger partial charge on any atom is 0.176 e. The lowest BCUT2D eigenvalue weighted by Gasteiger charge is -1.99. The summed E-state index contributed by atoms with van der Waals surface area (Å²) >= 11 is 2.28. The highest BCUT2D eigenvalue weighted by Crippen LogP contribution is 2.07. The van der Waals surface area contributed by atoms with Crippen molar-refractivity contribution in [3.8, 4) is 6.19 Å². The van der Waals surface area contributed by atoms with Crippen molar-refractivity contribution >= 4 is 22.6 Å². The minimum atomic E-state index is 0.719. The van der Waals surface area contributed by atoms with Crippen molar-refractivity contribution in [3.05, 3.63) is 33.4 Å². The van der Waals surface area contributed by atoms with Crippen LogP contribution in [-0.4, -0.2) is 6.54 Å². The van der Waals surface area contributed by atoms with Crippen LogP contribution in [0.3, 0.4) is 0 Å². The van der Waals surface area contributed by atoms with E-state index < -0.39 is 0 Å². The zero-order valence-corrected chi connectivity index (χ0v) is 8.71. The quantitative estimate of drug-likeness (QED) is 0.394. The molecule has 0 heterocycles. The largest absolute Gasteiger partial charge is 0.324 e. The summed E-state index contributed by atoms with van der Waals surface area (Å²) in [6, 6.07) is 8.28. The molecule has 0 atom stereocenters. The van der Waals surface area contributed by atoms with Crippen molar-refractivity contribution in [3.63, 3.8) is 0 Å². The van der Waals surface area contributed by atoms with Gasteiger partial charge in [0.15, 0.2) is 6.19 Å². The first-order chi connectivity index (χ1) is 5.83. The topological polar surface area (TPSA) is 35.8 Å². The number of benzene rings is 1. The average Bonchev–Trinajstić information content (AvgIpc) is 2.05. The molecule has 0 saturated carbocycles. The van der Waals surface area contributed by atoms with Gasteiger partial charge in [0.05, 0.1) is 0 Å². The molecular weight excluding hydrogens is 262 g/mol. The Kier molecular flexibility index (Phi) is 3.88. The van der Waals surface area contributed by atoms with Crippen LogP contribution in [0.4, 0.5) is 0 Å². The van der Waals surface area contributed by atoms with E-state index in [-0.39, 0.29) is 0 Å². The van der Waals surface area contributed by atoms with Gasteiger partial charge in [-0.15, -0.1) is 0 Å². The van der Waals surface area contributed by atoms with Gasteiger partial charge in [-0.05, 0) is 46.7 Å². The zero-order chi connectivity index (χ0) is 8.81. The Labute approximate surface area is 85.7 Å². The molecule has 0 aliphatic rings. The van der Waals surface area contributed by atoms with Gasteiger partial charge in [-0.3, -0.25) is 0 Å². The molecule has 0 fully saturated rings. The van der Waals surface area contributed by atoms with Crippen LogP contribution in [0, 0.1) is 15.0 Å². The van der Waals surface area contributed by atoms with Crippen molar-refractivity contribution in [1.29, 1.82) is 5.26 Å². The molecule has 1 N–H and O–H groups in total. The van der Waals surface area contributed by atoms with Crippen LogP contribution in [-0.2, 0) is 6.42 Å². The lowest BCUT2D eigenvalue weighted by Crippen LogP contribution is -2.09. The van der Waals surface area contributed by atoms with Crippen LogP contribution >= 0.6 is 22.6 Å². The standard InChI is InChI=1S/C9H9IN2/c10-9-3-1-2-8(6-9)4-5-12-7-11/h1-3,6,12H,4-5H2/i7-1. The summed E-state index contributed by atoms with van der Waals surface area (Å²) in [5.41, 5.74) is 1.27. The van der Waals surface area contributed by atoms with Crippen molar-refractivity contribution in [2.75, 3.05) is 6.54 Å². The van der Waals surface area contributed by atoms with Crippen LogP contribution in [0.2, 0.25) is 0 Å². The fraction of sp³-hybridized carbons (Fsp3) is 0.222. The van der Waals surface area contributed by atoms with E-state index in [4.69, 9.17) is 5.26 Å². The lowest BCUT2D eigenvalue weighted by atomic mass is 10.1. The molecule has 3 heteroatoms. The maximum absolute atomic E-state index is 8.24. The second kappa shape index (κ2) is 4.99. The highest BCUT2D eigenvalue weighted by Gasteiger charge is 1.92. The van der Waals surface area contributed by atoms with Crippen LogP contribution in [0.1, 0.15) is 5.56 Å². The van der Waals surface area contributed by atoms with E-state index in [2.05, 4.69) is 46.1 Å². The number of hydrogen-bond acceptors (Lipinski definition) is 2. The molecule has 62 valence electrons. The molecule has 0 amide bonds. The van der Waals surface area contributed by atoms with Crippen LogP contribution < -0.4 is 5.32 Å². The molecule has 0 aliphatic carbocycles. The summed E-state index contributed by atoms with van der Waals surface area (Å²) in [4.78, 5) is 0. The van der Waals surface area contributed by atoms with Gasteiger partial charge in [-0.1, -0.05) is 12.1 Å². The van der Waals surface area contributed by atoms with Gasteiger partial charge in [0, 0.05) is 10.1 Å². The molecule has 0 radical (unpaired) electrons. The predicted octanol–water partition coefficient (Wildman–Crippen LogP) is 1.90. The smallest absolute Gasteiger partial charge is 0.176 e. The fourth-order valence-electron chi connectivity index (χ4n) is 0.955. The van der Waals surface area contributed by atoms with Gasteiger partial charge in [0.2, 0.25) is 0 Å². The minimum Gasteiger partial charge on any atom is -0.324 e. The Balaban J connectivity index is 2.48. The SMILES string of the molecule is N#[11C]NCCc1cccc(I)c1. The second-order valence-electron chi connectivity index (χ2n) is 2.42. The highest BCUT2D eigenvalue weighted by molar-refractivity contribution is 14.1. The highest BCUT2D eigenvalue weighted by atomic mass is 127. The van der Waals surface area contributed by atoms with Crippen molar-refractivity contribution in [2.45, 2.75) is 6.42 Å². The number of halogens is 1. The number of rotatable bonds is 3. The van der Waals surface area contributed by atoms with Crippen LogP contribution in [0.15, 0.2) is 24.3 Å². The third-order valence-corrected chi connectivity index (χ3v) is 2.18. The zero-order valence-electron chi connectivity index (χ0n) is 6.55. The molecule has 0 saturated heterocycles. The molecule has 0 unspecified atom stereocenters. The molecule has 1 rings (SSSR count). The first-order valence-electron chi connectivity index (χ1n) is 3.69. The first kappa shape index (κ1) is 9.33. The molecule has 0 aromatic heterocycles. The van der Waals surface area contributed by atoms with Crippen LogP contribution in [0.5, 0.6) is 0 Å². The molecule has 2 nitrogen and oxygen atoms in total. The fourth-order valence-corrected chi connectivity index (χ4v) is 1.56. The molecular formula is C9H9IN2. The van der Waals surface area contributed by atoms with E-state index in [9.17, 15) is 0 Å². The second-order valence-corrected chi connectivity index (χ2v) is 3.66. The molecule has 0 bridgehead atoms.